The van der Waals surface area contributed by atoms with E-state index in [2.05, 4.69) is 15.2 Å². The third-order valence-electron chi connectivity index (χ3n) is 6.00. The number of carbonyl (C=O) groups excluding carboxylic acids is 1. The van der Waals surface area contributed by atoms with E-state index in [9.17, 15) is 13.6 Å². The number of alkyl halides is 2. The number of halogens is 3. The van der Waals surface area contributed by atoms with Gasteiger partial charge in [0.1, 0.15) is 23.1 Å². The van der Waals surface area contributed by atoms with Gasteiger partial charge in [0.05, 0.1) is 10.6 Å². The fraction of sp³-hybridized carbons (Fsp3) is 0.524. The molecule has 3 atom stereocenters. The van der Waals surface area contributed by atoms with Gasteiger partial charge in [0.25, 0.3) is 0 Å². The third-order valence-corrected chi connectivity index (χ3v) is 6.32. The SMILES string of the molecule is O=C(O[C@H]1C[C@H]2CC[C@@H](C1)N2)c1c(-c2c(Cl)cccc2OC(F)F)noc1C1CC1. The maximum atomic E-state index is 13.2. The fourth-order valence-corrected chi connectivity index (χ4v) is 4.79. The van der Waals surface area contributed by atoms with Crippen LogP contribution in [0.5, 0.6) is 5.75 Å². The molecule has 1 aromatic heterocycles. The zero-order valence-electron chi connectivity index (χ0n) is 16.1. The summed E-state index contributed by atoms with van der Waals surface area (Å²) >= 11 is 6.30. The van der Waals surface area contributed by atoms with Crippen LogP contribution in [0.25, 0.3) is 11.3 Å². The van der Waals surface area contributed by atoms with Crippen LogP contribution < -0.4 is 10.1 Å². The molecule has 2 bridgehead atoms. The van der Waals surface area contributed by atoms with Crippen LogP contribution in [0.2, 0.25) is 5.02 Å². The molecule has 1 aliphatic carbocycles. The molecule has 30 heavy (non-hydrogen) atoms. The second-order valence-corrected chi connectivity index (χ2v) is 8.58. The standard InChI is InChI=1S/C21H21ClF2N2O4/c22-14-2-1-3-15(29-21(23)24)16(14)18-17(19(30-26-18)10-4-5-10)20(27)28-13-8-11-6-7-12(9-13)25-11/h1-3,10-13,21,25H,4-9H2/t11-,12+,13+. The molecule has 3 heterocycles. The van der Waals surface area contributed by atoms with Gasteiger partial charge in [-0.25, -0.2) is 4.79 Å². The predicted molar refractivity (Wildman–Crippen MR) is 104 cm³/mol. The Kier molecular flexibility index (Phi) is 5.14. The molecule has 0 amide bonds. The maximum Gasteiger partial charge on any atom is 0.387 e. The molecule has 6 nitrogen and oxygen atoms in total. The highest BCUT2D eigenvalue weighted by molar-refractivity contribution is 6.33. The molecule has 2 saturated heterocycles. The van der Waals surface area contributed by atoms with Gasteiger partial charge in [-0.05, 0) is 50.7 Å². The molecule has 2 aliphatic heterocycles. The summed E-state index contributed by atoms with van der Waals surface area (Å²) in [5, 5.41) is 7.68. The summed E-state index contributed by atoms with van der Waals surface area (Å²) in [6.45, 7) is -3.04. The van der Waals surface area contributed by atoms with E-state index >= 15 is 0 Å². The van der Waals surface area contributed by atoms with Crippen molar-refractivity contribution in [1.82, 2.24) is 10.5 Å². The van der Waals surface area contributed by atoms with Crippen molar-refractivity contribution >= 4 is 17.6 Å². The van der Waals surface area contributed by atoms with E-state index in [1.54, 1.807) is 0 Å². The summed E-state index contributed by atoms with van der Waals surface area (Å²) in [5.41, 5.74) is 0.350. The van der Waals surface area contributed by atoms with E-state index in [0.717, 1.165) is 38.5 Å². The van der Waals surface area contributed by atoms with Gasteiger partial charge in [-0.15, -0.1) is 0 Å². The summed E-state index contributed by atoms with van der Waals surface area (Å²) in [7, 11) is 0. The molecular weight excluding hydrogens is 418 g/mol. The van der Waals surface area contributed by atoms with Gasteiger partial charge in [0, 0.05) is 18.0 Å². The van der Waals surface area contributed by atoms with Crippen LogP contribution >= 0.6 is 11.6 Å². The number of aromatic nitrogens is 1. The number of nitrogens with zero attached hydrogens (tertiary/aromatic N) is 1. The Labute approximate surface area is 176 Å². The van der Waals surface area contributed by atoms with Gasteiger partial charge >= 0.3 is 12.6 Å². The number of hydrogen-bond donors (Lipinski definition) is 1. The van der Waals surface area contributed by atoms with Gasteiger partial charge in [-0.2, -0.15) is 8.78 Å². The van der Waals surface area contributed by atoms with Crippen molar-refractivity contribution in [3.05, 3.63) is 34.5 Å². The highest BCUT2D eigenvalue weighted by Crippen LogP contribution is 2.47. The zero-order chi connectivity index (χ0) is 20.8. The molecule has 0 radical (unpaired) electrons. The molecule has 9 heteroatoms. The Hall–Kier alpha value is -2.19. The van der Waals surface area contributed by atoms with E-state index in [1.807, 2.05) is 0 Å². The summed E-state index contributed by atoms with van der Waals surface area (Å²) in [5.74, 6) is -0.223. The molecule has 1 saturated carbocycles. The monoisotopic (exact) mass is 438 g/mol. The molecule has 3 fully saturated rings. The largest absolute Gasteiger partial charge is 0.459 e. The Morgan fingerprint density at radius 2 is 1.93 bits per heavy atom. The molecule has 160 valence electrons. The molecule has 0 spiro atoms. The van der Waals surface area contributed by atoms with E-state index in [0.29, 0.717) is 17.8 Å². The third kappa shape index (κ3) is 3.78. The van der Waals surface area contributed by atoms with Gasteiger partial charge in [-0.1, -0.05) is 22.8 Å². The first kappa shape index (κ1) is 19.8. The van der Waals surface area contributed by atoms with Crippen LogP contribution in [0.3, 0.4) is 0 Å². The van der Waals surface area contributed by atoms with Crippen molar-refractivity contribution in [3.63, 3.8) is 0 Å². The number of carbonyl (C=O) groups is 1. The molecule has 0 unspecified atom stereocenters. The lowest BCUT2D eigenvalue weighted by molar-refractivity contribution is -0.0494. The zero-order valence-corrected chi connectivity index (χ0v) is 16.8. The number of rotatable bonds is 6. The number of hydrogen-bond acceptors (Lipinski definition) is 6. The van der Waals surface area contributed by atoms with Crippen molar-refractivity contribution in [2.75, 3.05) is 0 Å². The van der Waals surface area contributed by atoms with Crippen LogP contribution in [0.15, 0.2) is 22.7 Å². The molecule has 5 rings (SSSR count). The van der Waals surface area contributed by atoms with Gasteiger partial charge in [0.2, 0.25) is 0 Å². The second-order valence-electron chi connectivity index (χ2n) is 8.17. The average Bonchev–Trinajstić information content (AvgIpc) is 3.35. The van der Waals surface area contributed by atoms with E-state index in [-0.39, 0.29) is 39.6 Å². The smallest absolute Gasteiger partial charge is 0.387 e. The van der Waals surface area contributed by atoms with Crippen molar-refractivity contribution in [2.24, 2.45) is 0 Å². The van der Waals surface area contributed by atoms with E-state index < -0.39 is 12.6 Å². The lowest BCUT2D eigenvalue weighted by Gasteiger charge is -2.28. The predicted octanol–water partition coefficient (Wildman–Crippen LogP) is 4.91. The summed E-state index contributed by atoms with van der Waals surface area (Å²) in [6, 6.07) is 5.11. The van der Waals surface area contributed by atoms with E-state index in [1.165, 1.54) is 18.2 Å². The number of nitrogens with one attached hydrogen (secondary N) is 1. The minimum absolute atomic E-state index is 0.0694. The minimum atomic E-state index is -3.04. The fourth-order valence-electron chi connectivity index (χ4n) is 4.53. The summed E-state index contributed by atoms with van der Waals surface area (Å²) in [4.78, 5) is 13.2. The van der Waals surface area contributed by atoms with Gasteiger partial charge in [0.15, 0.2) is 5.76 Å². The lowest BCUT2D eigenvalue weighted by Crippen LogP contribution is -2.42. The molecule has 3 aliphatic rings. The minimum Gasteiger partial charge on any atom is -0.459 e. The number of fused-ring (bicyclic) bond motifs is 2. The molecular formula is C21H21ClF2N2O4. The number of piperidine rings is 1. The average molecular weight is 439 g/mol. The highest BCUT2D eigenvalue weighted by Gasteiger charge is 2.40. The van der Waals surface area contributed by atoms with Crippen LogP contribution in [0, 0.1) is 0 Å². The quantitative estimate of drug-likeness (QED) is 0.646. The van der Waals surface area contributed by atoms with E-state index in [4.69, 9.17) is 20.9 Å². The Morgan fingerprint density at radius 1 is 1.20 bits per heavy atom. The summed E-state index contributed by atoms with van der Waals surface area (Å²) < 4.78 is 41.8. The Balaban J connectivity index is 1.50. The Bertz CT molecular complexity index is 950. The van der Waals surface area contributed by atoms with Crippen molar-refractivity contribution in [2.45, 2.75) is 69.2 Å². The first-order valence-electron chi connectivity index (χ1n) is 10.2. The molecule has 1 aromatic carbocycles. The van der Waals surface area contributed by atoms with Crippen LogP contribution in [0.4, 0.5) is 8.78 Å². The molecule has 1 N–H and O–H groups in total. The normalized spacial score (nSPS) is 25.5. The number of esters is 1. The lowest BCUT2D eigenvalue weighted by atomic mass is 10.0. The topological polar surface area (TPSA) is 73.6 Å². The first-order valence-corrected chi connectivity index (χ1v) is 10.6. The van der Waals surface area contributed by atoms with Crippen LogP contribution in [-0.2, 0) is 4.74 Å². The molecule has 2 aromatic rings. The van der Waals surface area contributed by atoms with Crippen molar-refractivity contribution in [1.29, 1.82) is 0 Å². The van der Waals surface area contributed by atoms with Gasteiger partial charge in [-0.3, -0.25) is 0 Å². The van der Waals surface area contributed by atoms with Gasteiger partial charge < -0.3 is 19.3 Å². The van der Waals surface area contributed by atoms with Crippen molar-refractivity contribution in [3.8, 4) is 17.0 Å². The van der Waals surface area contributed by atoms with Crippen LogP contribution in [-0.4, -0.2) is 35.9 Å². The second kappa shape index (κ2) is 7.81. The summed E-state index contributed by atoms with van der Waals surface area (Å²) in [6.07, 6.45) is 5.22. The van der Waals surface area contributed by atoms with Crippen LogP contribution in [0.1, 0.15) is 60.6 Å². The first-order chi connectivity index (χ1) is 14.5. The van der Waals surface area contributed by atoms with Crippen molar-refractivity contribution < 1.29 is 27.6 Å². The number of ether oxygens (including phenoxy) is 2. The highest BCUT2D eigenvalue weighted by atomic mass is 35.5. The number of benzene rings is 1. The maximum absolute atomic E-state index is 13.2. The Morgan fingerprint density at radius 3 is 2.60 bits per heavy atom.